The highest BCUT2D eigenvalue weighted by Gasteiger charge is 2.19. The maximum atomic E-state index is 4.34. The molecule has 0 amide bonds. The molecule has 2 aromatic rings. The van der Waals surface area contributed by atoms with Crippen LogP contribution in [0.1, 0.15) is 24.0 Å². The van der Waals surface area contributed by atoms with Crippen molar-refractivity contribution in [1.29, 1.82) is 0 Å². The van der Waals surface area contributed by atoms with Gasteiger partial charge in [-0.1, -0.05) is 0 Å². The molecule has 1 aliphatic carbocycles. The first kappa shape index (κ1) is 8.58. The molecule has 2 aromatic heterocycles. The molecule has 0 radical (unpaired) electrons. The highest BCUT2D eigenvalue weighted by molar-refractivity contribution is 5.59. The zero-order valence-corrected chi connectivity index (χ0v) is 8.56. The number of anilines is 1. The predicted molar refractivity (Wildman–Crippen MR) is 54.8 cm³/mol. The quantitative estimate of drug-likeness (QED) is 0.730. The predicted octanol–water partition coefficient (Wildman–Crippen LogP) is 0.440. The van der Waals surface area contributed by atoms with Gasteiger partial charge in [-0.15, -0.1) is 14.8 Å². The number of nitrogens with one attached hydrogen (secondary N) is 1. The Morgan fingerprint density at radius 2 is 2.00 bits per heavy atom. The van der Waals surface area contributed by atoms with Crippen LogP contribution >= 0.6 is 0 Å². The molecular weight excluding hydrogens is 192 g/mol. The molecule has 0 saturated heterocycles. The molecule has 2 heterocycles. The molecule has 0 aromatic carbocycles. The standard InChI is InChI=1S/C9H12N6/c1-10-8-6-4-2-3-5-7(6)9-11-13-14-15(9)12-8/h2-5H2,1H3,(H,10,12). The number of hydrogen-bond acceptors (Lipinski definition) is 5. The van der Waals surface area contributed by atoms with Crippen LogP contribution in [0.4, 0.5) is 5.82 Å². The van der Waals surface area contributed by atoms with Crippen LogP contribution in [0, 0.1) is 0 Å². The summed E-state index contributed by atoms with van der Waals surface area (Å²) in [5.41, 5.74) is 3.35. The van der Waals surface area contributed by atoms with Crippen LogP contribution in [0.15, 0.2) is 0 Å². The molecular formula is C9H12N6. The van der Waals surface area contributed by atoms with Crippen molar-refractivity contribution in [1.82, 2.24) is 25.3 Å². The molecule has 1 N–H and O–H groups in total. The van der Waals surface area contributed by atoms with Crippen LogP contribution in [0.2, 0.25) is 0 Å². The van der Waals surface area contributed by atoms with E-state index in [-0.39, 0.29) is 0 Å². The van der Waals surface area contributed by atoms with E-state index in [1.165, 1.54) is 28.6 Å². The van der Waals surface area contributed by atoms with E-state index >= 15 is 0 Å². The zero-order chi connectivity index (χ0) is 10.3. The lowest BCUT2D eigenvalue weighted by Gasteiger charge is -2.17. The largest absolute Gasteiger partial charge is 0.371 e. The third kappa shape index (κ3) is 1.17. The van der Waals surface area contributed by atoms with Crippen LogP contribution in [-0.2, 0) is 12.8 Å². The van der Waals surface area contributed by atoms with Crippen LogP contribution in [-0.4, -0.2) is 32.3 Å². The molecule has 0 bridgehead atoms. The number of nitrogens with zero attached hydrogens (tertiary/aromatic N) is 5. The lowest BCUT2D eigenvalue weighted by Crippen LogP contribution is -2.12. The molecule has 0 unspecified atom stereocenters. The van der Waals surface area contributed by atoms with Gasteiger partial charge in [0.25, 0.3) is 0 Å². The first-order valence-corrected chi connectivity index (χ1v) is 5.18. The van der Waals surface area contributed by atoms with E-state index in [1.807, 2.05) is 7.05 Å². The normalized spacial score (nSPS) is 15.3. The van der Waals surface area contributed by atoms with Crippen LogP contribution in [0.3, 0.4) is 0 Å². The SMILES string of the molecule is CNc1nn2nnnc2c2c1CCCC2. The Bertz CT molecular complexity index is 503. The summed E-state index contributed by atoms with van der Waals surface area (Å²) < 4.78 is 1.51. The Labute approximate surface area is 86.7 Å². The molecule has 0 spiro atoms. The Hall–Kier alpha value is -1.72. The van der Waals surface area contributed by atoms with Crippen molar-refractivity contribution in [3.05, 3.63) is 11.1 Å². The maximum Gasteiger partial charge on any atom is 0.203 e. The van der Waals surface area contributed by atoms with E-state index in [1.54, 1.807) is 0 Å². The maximum absolute atomic E-state index is 4.34. The lowest BCUT2D eigenvalue weighted by molar-refractivity contribution is 0.665. The van der Waals surface area contributed by atoms with Gasteiger partial charge in [-0.05, 0) is 36.1 Å². The van der Waals surface area contributed by atoms with Gasteiger partial charge in [0.15, 0.2) is 5.82 Å². The molecule has 3 rings (SSSR count). The molecule has 1 aliphatic rings. The van der Waals surface area contributed by atoms with E-state index in [0.29, 0.717) is 0 Å². The Kier molecular flexibility index (Phi) is 1.80. The van der Waals surface area contributed by atoms with Crippen molar-refractivity contribution in [2.45, 2.75) is 25.7 Å². The molecule has 0 atom stereocenters. The van der Waals surface area contributed by atoms with Gasteiger partial charge >= 0.3 is 0 Å². The van der Waals surface area contributed by atoms with Gasteiger partial charge in [0.05, 0.1) is 0 Å². The fourth-order valence-corrected chi connectivity index (χ4v) is 2.20. The summed E-state index contributed by atoms with van der Waals surface area (Å²) in [6.07, 6.45) is 4.56. The van der Waals surface area contributed by atoms with Crippen molar-refractivity contribution in [2.75, 3.05) is 12.4 Å². The van der Waals surface area contributed by atoms with E-state index in [4.69, 9.17) is 0 Å². The smallest absolute Gasteiger partial charge is 0.203 e. The average Bonchev–Trinajstić information content (AvgIpc) is 2.76. The van der Waals surface area contributed by atoms with Crippen molar-refractivity contribution in [2.24, 2.45) is 0 Å². The van der Waals surface area contributed by atoms with Crippen molar-refractivity contribution >= 4 is 11.5 Å². The summed E-state index contributed by atoms with van der Waals surface area (Å²) in [6.45, 7) is 0. The monoisotopic (exact) mass is 204 g/mol. The van der Waals surface area contributed by atoms with Crippen molar-refractivity contribution in [3.63, 3.8) is 0 Å². The minimum absolute atomic E-state index is 0.809. The van der Waals surface area contributed by atoms with Gasteiger partial charge in [-0.3, -0.25) is 0 Å². The molecule has 6 nitrogen and oxygen atoms in total. The summed E-state index contributed by atoms with van der Waals surface area (Å²) >= 11 is 0. The van der Waals surface area contributed by atoms with E-state index in [9.17, 15) is 0 Å². The Balaban J connectivity index is 2.34. The van der Waals surface area contributed by atoms with Gasteiger partial charge in [0.2, 0.25) is 5.65 Å². The molecule has 0 fully saturated rings. The minimum Gasteiger partial charge on any atom is -0.371 e. The fraction of sp³-hybridized carbons (Fsp3) is 0.556. The first-order chi connectivity index (χ1) is 7.40. The van der Waals surface area contributed by atoms with E-state index in [0.717, 1.165) is 24.3 Å². The lowest BCUT2D eigenvalue weighted by atomic mass is 9.93. The second-order valence-corrected chi connectivity index (χ2v) is 3.75. The van der Waals surface area contributed by atoms with Gasteiger partial charge in [0, 0.05) is 18.2 Å². The topological polar surface area (TPSA) is 68.0 Å². The summed E-state index contributed by atoms with van der Waals surface area (Å²) in [7, 11) is 1.88. The fourth-order valence-electron chi connectivity index (χ4n) is 2.20. The zero-order valence-electron chi connectivity index (χ0n) is 8.56. The van der Waals surface area contributed by atoms with Crippen LogP contribution < -0.4 is 5.32 Å². The van der Waals surface area contributed by atoms with Gasteiger partial charge < -0.3 is 5.32 Å². The second kappa shape index (κ2) is 3.15. The number of aryl methyl sites for hydroxylation is 1. The highest BCUT2D eigenvalue weighted by Crippen LogP contribution is 2.27. The van der Waals surface area contributed by atoms with Crippen molar-refractivity contribution < 1.29 is 0 Å². The number of fused-ring (bicyclic) bond motifs is 3. The average molecular weight is 204 g/mol. The number of aromatic nitrogens is 5. The summed E-state index contributed by atoms with van der Waals surface area (Å²) in [6, 6.07) is 0. The third-order valence-electron chi connectivity index (χ3n) is 2.91. The van der Waals surface area contributed by atoms with Gasteiger partial charge in [-0.2, -0.15) is 0 Å². The molecule has 6 heteroatoms. The Morgan fingerprint density at radius 3 is 2.80 bits per heavy atom. The molecule has 0 aliphatic heterocycles. The van der Waals surface area contributed by atoms with E-state index in [2.05, 4.69) is 25.9 Å². The highest BCUT2D eigenvalue weighted by atomic mass is 15.6. The summed E-state index contributed by atoms with van der Waals surface area (Å²) in [5.74, 6) is 0.907. The third-order valence-corrected chi connectivity index (χ3v) is 2.91. The van der Waals surface area contributed by atoms with Gasteiger partial charge in [-0.25, -0.2) is 0 Å². The number of hydrogen-bond donors (Lipinski definition) is 1. The number of rotatable bonds is 1. The number of tetrazole rings is 1. The summed E-state index contributed by atoms with van der Waals surface area (Å²) in [5, 5.41) is 19.0. The van der Waals surface area contributed by atoms with Gasteiger partial charge in [0.1, 0.15) is 0 Å². The molecule has 15 heavy (non-hydrogen) atoms. The van der Waals surface area contributed by atoms with E-state index < -0.39 is 0 Å². The second-order valence-electron chi connectivity index (χ2n) is 3.75. The first-order valence-electron chi connectivity index (χ1n) is 5.18. The molecule has 78 valence electrons. The van der Waals surface area contributed by atoms with Crippen LogP contribution in [0.5, 0.6) is 0 Å². The minimum atomic E-state index is 0.809. The summed E-state index contributed by atoms with van der Waals surface area (Å²) in [4.78, 5) is 0. The van der Waals surface area contributed by atoms with Crippen LogP contribution in [0.25, 0.3) is 5.65 Å². The Morgan fingerprint density at radius 1 is 1.20 bits per heavy atom. The molecule has 0 saturated carbocycles. The van der Waals surface area contributed by atoms with Crippen molar-refractivity contribution in [3.8, 4) is 0 Å².